The minimum atomic E-state index is 0. The first-order valence-electron chi connectivity index (χ1n) is 7.95. The van der Waals surface area contributed by atoms with Gasteiger partial charge in [-0.15, -0.1) is 24.0 Å². The summed E-state index contributed by atoms with van der Waals surface area (Å²) in [5.41, 5.74) is 2.21. The second-order valence-electron chi connectivity index (χ2n) is 6.00. The van der Waals surface area contributed by atoms with Crippen LogP contribution in [0.4, 0.5) is 0 Å². The summed E-state index contributed by atoms with van der Waals surface area (Å²) in [6, 6.07) is 10.2. The molecule has 6 heteroatoms. The molecule has 0 aliphatic rings. The van der Waals surface area contributed by atoms with Crippen molar-refractivity contribution in [3.05, 3.63) is 42.1 Å². The van der Waals surface area contributed by atoms with Gasteiger partial charge in [0.05, 0.1) is 12.1 Å². The molecule has 0 aliphatic carbocycles. The molecule has 24 heavy (non-hydrogen) atoms. The van der Waals surface area contributed by atoms with Crippen LogP contribution in [-0.4, -0.2) is 35.0 Å². The first-order valence-corrected chi connectivity index (χ1v) is 9.18. The molecule has 2 aromatic rings. The fourth-order valence-electron chi connectivity index (χ4n) is 2.17. The Morgan fingerprint density at radius 2 is 1.96 bits per heavy atom. The van der Waals surface area contributed by atoms with Crippen molar-refractivity contribution >= 4 is 52.6 Å². The molecule has 0 unspecified atom stereocenters. The molecule has 0 saturated carbocycles. The number of benzene rings is 1. The molecule has 4 nitrogen and oxygen atoms in total. The maximum Gasteiger partial charge on any atom is 0.191 e. The summed E-state index contributed by atoms with van der Waals surface area (Å²) in [7, 11) is 0. The molecule has 1 aromatic heterocycles. The minimum Gasteiger partial charge on any atom is -0.357 e. The van der Waals surface area contributed by atoms with E-state index in [1.807, 2.05) is 42.2 Å². The van der Waals surface area contributed by atoms with Crippen LogP contribution >= 0.6 is 35.7 Å². The lowest BCUT2D eigenvalue weighted by Crippen LogP contribution is -2.43. The zero-order valence-corrected chi connectivity index (χ0v) is 17.9. The van der Waals surface area contributed by atoms with Crippen LogP contribution in [0.25, 0.3) is 10.9 Å². The van der Waals surface area contributed by atoms with Gasteiger partial charge in [0, 0.05) is 29.4 Å². The SMILES string of the molecule is CCNC(=NCc1ccnc2ccccc12)NCC(C)(C)SC.I. The van der Waals surface area contributed by atoms with E-state index in [1.165, 1.54) is 10.9 Å². The van der Waals surface area contributed by atoms with Gasteiger partial charge < -0.3 is 10.6 Å². The molecule has 0 radical (unpaired) electrons. The van der Waals surface area contributed by atoms with Gasteiger partial charge in [-0.2, -0.15) is 11.8 Å². The second kappa shape index (κ2) is 10.1. The fraction of sp³-hybridized carbons (Fsp3) is 0.444. The Balaban J connectivity index is 0.00000288. The van der Waals surface area contributed by atoms with Crippen LogP contribution in [0, 0.1) is 0 Å². The Kier molecular flexibility index (Phi) is 8.83. The number of rotatable bonds is 6. The number of fused-ring (bicyclic) bond motifs is 1. The highest BCUT2D eigenvalue weighted by Crippen LogP contribution is 2.19. The molecule has 0 saturated heterocycles. The van der Waals surface area contributed by atoms with E-state index in [2.05, 4.69) is 48.7 Å². The number of aliphatic imine (C=N–C) groups is 1. The van der Waals surface area contributed by atoms with Gasteiger partial charge in [-0.3, -0.25) is 4.98 Å². The number of hydrogen-bond acceptors (Lipinski definition) is 3. The highest BCUT2D eigenvalue weighted by Gasteiger charge is 2.16. The molecule has 0 atom stereocenters. The van der Waals surface area contributed by atoms with Crippen LogP contribution in [0.2, 0.25) is 0 Å². The van der Waals surface area contributed by atoms with E-state index >= 15 is 0 Å². The zero-order valence-electron chi connectivity index (χ0n) is 14.8. The minimum absolute atomic E-state index is 0. The topological polar surface area (TPSA) is 49.3 Å². The summed E-state index contributed by atoms with van der Waals surface area (Å²) in [6.07, 6.45) is 3.99. The summed E-state index contributed by atoms with van der Waals surface area (Å²) in [6.45, 7) is 8.89. The number of hydrogen-bond donors (Lipinski definition) is 2. The van der Waals surface area contributed by atoms with Crippen molar-refractivity contribution in [1.82, 2.24) is 15.6 Å². The van der Waals surface area contributed by atoms with Crippen LogP contribution in [0.15, 0.2) is 41.5 Å². The first-order chi connectivity index (χ1) is 11.1. The molecule has 0 amide bonds. The van der Waals surface area contributed by atoms with Crippen LogP contribution in [0.3, 0.4) is 0 Å². The molecule has 0 fully saturated rings. The summed E-state index contributed by atoms with van der Waals surface area (Å²) in [5.74, 6) is 0.857. The molecule has 2 N–H and O–H groups in total. The van der Waals surface area contributed by atoms with Crippen molar-refractivity contribution in [2.45, 2.75) is 32.1 Å². The molecular weight excluding hydrogens is 431 g/mol. The van der Waals surface area contributed by atoms with Crippen molar-refractivity contribution in [2.75, 3.05) is 19.3 Å². The van der Waals surface area contributed by atoms with Crippen LogP contribution in [-0.2, 0) is 6.54 Å². The summed E-state index contributed by atoms with van der Waals surface area (Å²) < 4.78 is 0.180. The van der Waals surface area contributed by atoms with E-state index in [0.717, 1.165) is 24.6 Å². The van der Waals surface area contributed by atoms with E-state index in [-0.39, 0.29) is 28.7 Å². The first kappa shape index (κ1) is 21.0. The molecule has 2 rings (SSSR count). The van der Waals surface area contributed by atoms with Gasteiger partial charge in [-0.25, -0.2) is 4.99 Å². The summed E-state index contributed by atoms with van der Waals surface area (Å²) in [4.78, 5) is 9.13. The van der Waals surface area contributed by atoms with E-state index in [0.29, 0.717) is 6.54 Å². The van der Waals surface area contributed by atoms with Gasteiger partial charge in [0.25, 0.3) is 0 Å². The third-order valence-electron chi connectivity index (χ3n) is 3.73. The lowest BCUT2D eigenvalue weighted by molar-refractivity contribution is 0.665. The van der Waals surface area contributed by atoms with E-state index in [1.54, 1.807) is 0 Å². The normalized spacial score (nSPS) is 11.9. The Bertz CT molecular complexity index is 668. The molecule has 0 aliphatic heterocycles. The van der Waals surface area contributed by atoms with Gasteiger partial charge in [0.1, 0.15) is 0 Å². The van der Waals surface area contributed by atoms with Crippen LogP contribution in [0.1, 0.15) is 26.3 Å². The van der Waals surface area contributed by atoms with Crippen LogP contribution < -0.4 is 10.6 Å². The lowest BCUT2D eigenvalue weighted by atomic mass is 10.1. The van der Waals surface area contributed by atoms with Gasteiger partial charge >= 0.3 is 0 Å². The van der Waals surface area contributed by atoms with E-state index < -0.39 is 0 Å². The molecule has 0 spiro atoms. The average molecular weight is 458 g/mol. The predicted molar refractivity (Wildman–Crippen MR) is 118 cm³/mol. The Labute approximate surface area is 166 Å². The Hall–Kier alpha value is -1.02. The molecule has 1 heterocycles. The number of thioether (sulfide) groups is 1. The smallest absolute Gasteiger partial charge is 0.191 e. The number of nitrogens with one attached hydrogen (secondary N) is 2. The largest absolute Gasteiger partial charge is 0.357 e. The van der Waals surface area contributed by atoms with Gasteiger partial charge in [-0.05, 0) is 44.7 Å². The number of pyridine rings is 1. The highest BCUT2D eigenvalue weighted by atomic mass is 127. The Morgan fingerprint density at radius 1 is 1.21 bits per heavy atom. The number of guanidine groups is 1. The number of para-hydroxylation sites is 1. The Morgan fingerprint density at radius 3 is 2.67 bits per heavy atom. The summed E-state index contributed by atoms with van der Waals surface area (Å²) >= 11 is 1.85. The van der Waals surface area contributed by atoms with Gasteiger partial charge in [-0.1, -0.05) is 18.2 Å². The maximum atomic E-state index is 4.73. The van der Waals surface area contributed by atoms with Crippen molar-refractivity contribution in [3.8, 4) is 0 Å². The predicted octanol–water partition coefficient (Wildman–Crippen LogP) is 4.05. The van der Waals surface area contributed by atoms with Gasteiger partial charge in [0.2, 0.25) is 0 Å². The third kappa shape index (κ3) is 6.12. The fourth-order valence-corrected chi connectivity index (χ4v) is 2.38. The summed E-state index contributed by atoms with van der Waals surface area (Å²) in [5, 5.41) is 7.91. The quantitative estimate of drug-likeness (QED) is 0.390. The van der Waals surface area contributed by atoms with Crippen molar-refractivity contribution in [3.63, 3.8) is 0 Å². The number of nitrogens with zero attached hydrogens (tertiary/aromatic N) is 2. The van der Waals surface area contributed by atoms with Crippen LogP contribution in [0.5, 0.6) is 0 Å². The molecule has 132 valence electrons. The van der Waals surface area contributed by atoms with Crippen molar-refractivity contribution < 1.29 is 0 Å². The molecule has 0 bridgehead atoms. The zero-order chi connectivity index (χ0) is 16.7. The second-order valence-corrected chi connectivity index (χ2v) is 7.51. The maximum absolute atomic E-state index is 4.73. The van der Waals surface area contributed by atoms with Crippen molar-refractivity contribution in [1.29, 1.82) is 0 Å². The van der Waals surface area contributed by atoms with Crippen molar-refractivity contribution in [2.24, 2.45) is 4.99 Å². The number of halogens is 1. The highest BCUT2D eigenvalue weighted by molar-refractivity contribution is 14.0. The molecular formula is C18H27IN4S. The monoisotopic (exact) mass is 458 g/mol. The van der Waals surface area contributed by atoms with E-state index in [4.69, 9.17) is 4.99 Å². The lowest BCUT2D eigenvalue weighted by Gasteiger charge is -2.23. The number of aromatic nitrogens is 1. The van der Waals surface area contributed by atoms with Gasteiger partial charge in [0.15, 0.2) is 5.96 Å². The average Bonchev–Trinajstić information content (AvgIpc) is 2.57. The third-order valence-corrected chi connectivity index (χ3v) is 4.97. The van der Waals surface area contributed by atoms with E-state index in [9.17, 15) is 0 Å². The molecule has 1 aromatic carbocycles. The standard InChI is InChI=1S/C18H26N4S.HI/c1-5-19-17(22-13-18(2,3)23-4)21-12-14-10-11-20-16-9-7-6-8-15(14)16;/h6-11H,5,12-13H2,1-4H3,(H2,19,21,22);1H.